The first kappa shape index (κ1) is 21.2. The summed E-state index contributed by atoms with van der Waals surface area (Å²) in [5.74, 6) is 0.795. The lowest BCUT2D eigenvalue weighted by Crippen LogP contribution is -2.46. The van der Waals surface area contributed by atoms with Gasteiger partial charge in [0.05, 0.1) is 4.92 Å². The smallest absolute Gasteiger partial charge is 0.271 e. The van der Waals surface area contributed by atoms with Gasteiger partial charge < -0.3 is 10.1 Å². The monoisotopic (exact) mass is 419 g/mol. The van der Waals surface area contributed by atoms with Crippen LogP contribution in [0.1, 0.15) is 30.9 Å². The molecule has 1 saturated heterocycles. The first-order valence-corrected chi connectivity index (χ1v) is 10.9. The number of nitrogens with one attached hydrogen (secondary N) is 1. The van der Waals surface area contributed by atoms with E-state index in [2.05, 4.69) is 5.32 Å². The summed E-state index contributed by atoms with van der Waals surface area (Å²) in [6.45, 7) is 7.61. The van der Waals surface area contributed by atoms with Crippen LogP contribution in [0.2, 0.25) is 0 Å². The Labute approximate surface area is 170 Å². The van der Waals surface area contributed by atoms with E-state index < -0.39 is 14.9 Å². The van der Waals surface area contributed by atoms with Crippen molar-refractivity contribution >= 4 is 15.7 Å². The highest BCUT2D eigenvalue weighted by Gasteiger charge is 2.31. The fourth-order valence-electron chi connectivity index (χ4n) is 3.25. The maximum atomic E-state index is 13.3. The van der Waals surface area contributed by atoms with E-state index in [1.54, 1.807) is 0 Å². The molecule has 156 valence electrons. The molecule has 0 radical (unpaired) electrons. The van der Waals surface area contributed by atoms with E-state index in [9.17, 15) is 18.5 Å². The number of non-ortho nitro benzene ring substituents is 1. The van der Waals surface area contributed by atoms with Gasteiger partial charge in [0, 0.05) is 38.3 Å². The highest BCUT2D eigenvalue weighted by atomic mass is 32.2. The molecule has 29 heavy (non-hydrogen) atoms. The third-order valence-corrected chi connectivity index (χ3v) is 6.76. The third kappa shape index (κ3) is 4.58. The largest absolute Gasteiger partial charge is 0.456 e. The summed E-state index contributed by atoms with van der Waals surface area (Å²) in [6, 6.07) is 9.47. The second kappa shape index (κ2) is 8.48. The number of benzene rings is 2. The SMILES string of the molecule is Cc1ccc(C(C)C)c(Oc2ccc([N+](=O)[O-])cc2S(=O)(=O)N2CCNCC2)c1. The van der Waals surface area contributed by atoms with Gasteiger partial charge in [-0.3, -0.25) is 10.1 Å². The number of hydrogen-bond acceptors (Lipinski definition) is 6. The van der Waals surface area contributed by atoms with Crippen molar-refractivity contribution in [3.05, 3.63) is 57.6 Å². The van der Waals surface area contributed by atoms with Crippen molar-refractivity contribution in [2.75, 3.05) is 26.2 Å². The van der Waals surface area contributed by atoms with E-state index in [1.165, 1.54) is 16.4 Å². The zero-order chi connectivity index (χ0) is 21.2. The van der Waals surface area contributed by atoms with Gasteiger partial charge in [0.15, 0.2) is 0 Å². The molecule has 0 atom stereocenters. The highest BCUT2D eigenvalue weighted by molar-refractivity contribution is 7.89. The molecule has 9 heteroatoms. The predicted octanol–water partition coefficient (Wildman–Crippen LogP) is 3.41. The Morgan fingerprint density at radius 1 is 1.10 bits per heavy atom. The van der Waals surface area contributed by atoms with E-state index in [1.807, 2.05) is 39.0 Å². The fourth-order valence-corrected chi connectivity index (χ4v) is 4.82. The molecule has 2 aromatic carbocycles. The van der Waals surface area contributed by atoms with Crippen LogP contribution in [-0.2, 0) is 10.0 Å². The predicted molar refractivity (Wildman–Crippen MR) is 110 cm³/mol. The first-order valence-electron chi connectivity index (χ1n) is 9.48. The number of nitrogens with zero attached hydrogens (tertiary/aromatic N) is 2. The molecular formula is C20H25N3O5S. The van der Waals surface area contributed by atoms with Crippen molar-refractivity contribution < 1.29 is 18.1 Å². The van der Waals surface area contributed by atoms with Gasteiger partial charge in [-0.1, -0.05) is 26.0 Å². The van der Waals surface area contributed by atoms with Gasteiger partial charge in [-0.05, 0) is 36.1 Å². The number of piperazine rings is 1. The van der Waals surface area contributed by atoms with E-state index in [0.29, 0.717) is 31.9 Å². The van der Waals surface area contributed by atoms with Crippen LogP contribution in [0.3, 0.4) is 0 Å². The van der Waals surface area contributed by atoms with Gasteiger partial charge in [-0.15, -0.1) is 0 Å². The summed E-state index contributed by atoms with van der Waals surface area (Å²) < 4.78 is 33.9. The van der Waals surface area contributed by atoms with Gasteiger partial charge in [0.2, 0.25) is 10.0 Å². The Bertz CT molecular complexity index is 1010. The quantitative estimate of drug-likeness (QED) is 0.569. The number of rotatable bonds is 6. The normalized spacial score (nSPS) is 15.4. The third-order valence-electron chi connectivity index (χ3n) is 4.84. The molecule has 2 aromatic rings. The maximum Gasteiger partial charge on any atom is 0.271 e. The number of nitro benzene ring substituents is 1. The van der Waals surface area contributed by atoms with Gasteiger partial charge >= 0.3 is 0 Å². The van der Waals surface area contributed by atoms with Crippen LogP contribution in [0.25, 0.3) is 0 Å². The lowest BCUT2D eigenvalue weighted by Gasteiger charge is -2.27. The molecule has 0 aliphatic carbocycles. The summed E-state index contributed by atoms with van der Waals surface area (Å²) in [4.78, 5) is 10.5. The van der Waals surface area contributed by atoms with E-state index in [4.69, 9.17) is 4.74 Å². The number of ether oxygens (including phenoxy) is 1. The van der Waals surface area contributed by atoms with E-state index in [-0.39, 0.29) is 22.3 Å². The molecule has 1 aliphatic rings. The Hall–Kier alpha value is -2.49. The molecule has 0 unspecified atom stereocenters. The molecule has 0 spiro atoms. The van der Waals surface area contributed by atoms with Crippen molar-refractivity contribution in [1.29, 1.82) is 0 Å². The zero-order valence-corrected chi connectivity index (χ0v) is 17.5. The minimum atomic E-state index is -3.95. The summed E-state index contributed by atoms with van der Waals surface area (Å²) in [5.41, 5.74) is 1.61. The first-order chi connectivity index (χ1) is 13.7. The molecule has 1 aliphatic heterocycles. The van der Waals surface area contributed by atoms with Crippen molar-refractivity contribution in [1.82, 2.24) is 9.62 Å². The summed E-state index contributed by atoms with van der Waals surface area (Å²) in [5, 5.41) is 14.4. The molecule has 0 bridgehead atoms. The Balaban J connectivity index is 2.10. The van der Waals surface area contributed by atoms with Gasteiger partial charge in [-0.25, -0.2) is 8.42 Å². The van der Waals surface area contributed by atoms with E-state index in [0.717, 1.165) is 17.2 Å². The standard InChI is InChI=1S/C20H25N3O5S/c1-14(2)17-6-4-15(3)12-19(17)28-18-7-5-16(23(24)25)13-20(18)29(26,27)22-10-8-21-9-11-22/h4-7,12-14,21H,8-11H2,1-3H3. The Kier molecular flexibility index (Phi) is 6.21. The van der Waals surface area contributed by atoms with Gasteiger partial charge in [0.1, 0.15) is 16.4 Å². The van der Waals surface area contributed by atoms with Crippen molar-refractivity contribution in [3.8, 4) is 11.5 Å². The van der Waals surface area contributed by atoms with Crippen LogP contribution in [0, 0.1) is 17.0 Å². The van der Waals surface area contributed by atoms with Crippen LogP contribution in [-0.4, -0.2) is 43.8 Å². The minimum absolute atomic E-state index is 0.0848. The summed E-state index contributed by atoms with van der Waals surface area (Å²) in [6.07, 6.45) is 0. The maximum absolute atomic E-state index is 13.3. The average Bonchev–Trinajstić information content (AvgIpc) is 2.68. The molecule has 1 fully saturated rings. The molecular weight excluding hydrogens is 394 g/mol. The molecule has 0 amide bonds. The van der Waals surface area contributed by atoms with Crippen LogP contribution in [0.5, 0.6) is 11.5 Å². The number of aryl methyl sites for hydroxylation is 1. The zero-order valence-electron chi connectivity index (χ0n) is 16.7. The fraction of sp³-hybridized carbons (Fsp3) is 0.400. The molecule has 1 heterocycles. The lowest BCUT2D eigenvalue weighted by molar-refractivity contribution is -0.385. The van der Waals surface area contributed by atoms with Crippen LogP contribution in [0.4, 0.5) is 5.69 Å². The second-order valence-electron chi connectivity index (χ2n) is 7.34. The number of hydrogen-bond donors (Lipinski definition) is 1. The molecule has 8 nitrogen and oxygen atoms in total. The van der Waals surface area contributed by atoms with Crippen molar-refractivity contribution in [2.45, 2.75) is 31.6 Å². The van der Waals surface area contributed by atoms with Crippen molar-refractivity contribution in [2.24, 2.45) is 0 Å². The topological polar surface area (TPSA) is 102 Å². The van der Waals surface area contributed by atoms with Crippen LogP contribution in [0.15, 0.2) is 41.3 Å². The average molecular weight is 420 g/mol. The minimum Gasteiger partial charge on any atom is -0.456 e. The van der Waals surface area contributed by atoms with Crippen molar-refractivity contribution in [3.63, 3.8) is 0 Å². The second-order valence-corrected chi connectivity index (χ2v) is 9.25. The Morgan fingerprint density at radius 2 is 1.79 bits per heavy atom. The highest BCUT2D eigenvalue weighted by Crippen LogP contribution is 2.37. The summed E-state index contributed by atoms with van der Waals surface area (Å²) in [7, 11) is -3.95. The van der Waals surface area contributed by atoms with Gasteiger partial charge in [0.25, 0.3) is 5.69 Å². The van der Waals surface area contributed by atoms with Crippen LogP contribution < -0.4 is 10.1 Å². The summed E-state index contributed by atoms with van der Waals surface area (Å²) >= 11 is 0. The number of nitro groups is 1. The van der Waals surface area contributed by atoms with Crippen LogP contribution >= 0.6 is 0 Å². The lowest BCUT2D eigenvalue weighted by atomic mass is 10.0. The Morgan fingerprint density at radius 3 is 2.41 bits per heavy atom. The molecule has 0 saturated carbocycles. The molecule has 1 N–H and O–H groups in total. The van der Waals surface area contributed by atoms with E-state index >= 15 is 0 Å². The van der Waals surface area contributed by atoms with Gasteiger partial charge in [-0.2, -0.15) is 4.31 Å². The molecule has 3 rings (SSSR count). The molecule has 0 aromatic heterocycles. The number of sulfonamides is 1.